The summed E-state index contributed by atoms with van der Waals surface area (Å²) in [5.41, 5.74) is 2.90. The summed E-state index contributed by atoms with van der Waals surface area (Å²) in [7, 11) is 0. The SMILES string of the molecule is CCC(=O)c1ccc2c(c1)CCCN2C(=O)CC(C)C. The van der Waals surface area contributed by atoms with Crippen LogP contribution in [0.4, 0.5) is 5.69 Å². The molecule has 1 aliphatic heterocycles. The second kappa shape index (κ2) is 6.21. The molecule has 0 fully saturated rings. The third-order valence-electron chi connectivity index (χ3n) is 3.73. The normalized spacial score (nSPS) is 14.3. The minimum Gasteiger partial charge on any atom is -0.312 e. The van der Waals surface area contributed by atoms with Gasteiger partial charge in [0.2, 0.25) is 5.91 Å². The fourth-order valence-electron chi connectivity index (χ4n) is 2.69. The Morgan fingerprint density at radius 2 is 2.05 bits per heavy atom. The Morgan fingerprint density at radius 3 is 2.70 bits per heavy atom. The fourth-order valence-corrected chi connectivity index (χ4v) is 2.69. The smallest absolute Gasteiger partial charge is 0.227 e. The van der Waals surface area contributed by atoms with Crippen LogP contribution in [0, 0.1) is 5.92 Å². The molecule has 0 radical (unpaired) electrons. The summed E-state index contributed by atoms with van der Waals surface area (Å²) < 4.78 is 0. The Hall–Kier alpha value is -1.64. The lowest BCUT2D eigenvalue weighted by Crippen LogP contribution is -2.36. The Kier molecular flexibility index (Phi) is 4.58. The van der Waals surface area contributed by atoms with Crippen molar-refractivity contribution in [2.75, 3.05) is 11.4 Å². The van der Waals surface area contributed by atoms with Gasteiger partial charge in [-0.2, -0.15) is 0 Å². The number of aryl methyl sites for hydroxylation is 1. The van der Waals surface area contributed by atoms with E-state index in [1.165, 1.54) is 0 Å². The molecule has 0 unspecified atom stereocenters. The zero-order valence-electron chi connectivity index (χ0n) is 12.6. The standard InChI is InChI=1S/C17H23NO2/c1-4-16(19)14-7-8-15-13(11-14)6-5-9-18(15)17(20)10-12(2)3/h7-8,11-12H,4-6,9-10H2,1-3H3. The van der Waals surface area contributed by atoms with E-state index in [9.17, 15) is 9.59 Å². The minimum atomic E-state index is 0.165. The predicted molar refractivity (Wildman–Crippen MR) is 81.2 cm³/mol. The van der Waals surface area contributed by atoms with Crippen LogP contribution in [-0.4, -0.2) is 18.2 Å². The van der Waals surface area contributed by atoms with E-state index in [-0.39, 0.29) is 11.7 Å². The molecule has 3 heteroatoms. The van der Waals surface area contributed by atoms with E-state index in [1.807, 2.05) is 30.0 Å². The molecule has 1 amide bonds. The van der Waals surface area contributed by atoms with Gasteiger partial charge in [-0.3, -0.25) is 9.59 Å². The first-order valence-corrected chi connectivity index (χ1v) is 7.49. The van der Waals surface area contributed by atoms with Crippen molar-refractivity contribution in [1.82, 2.24) is 0 Å². The molecule has 1 aromatic rings. The van der Waals surface area contributed by atoms with Gasteiger partial charge in [-0.15, -0.1) is 0 Å². The van der Waals surface area contributed by atoms with Crippen LogP contribution in [0.15, 0.2) is 18.2 Å². The van der Waals surface area contributed by atoms with Crippen molar-refractivity contribution in [2.45, 2.75) is 46.5 Å². The van der Waals surface area contributed by atoms with E-state index in [1.54, 1.807) is 0 Å². The number of anilines is 1. The van der Waals surface area contributed by atoms with Crippen molar-refractivity contribution in [3.05, 3.63) is 29.3 Å². The maximum absolute atomic E-state index is 12.3. The zero-order valence-corrected chi connectivity index (χ0v) is 12.6. The number of hydrogen-bond donors (Lipinski definition) is 0. The number of carbonyl (C=O) groups excluding carboxylic acids is 2. The zero-order chi connectivity index (χ0) is 14.7. The molecule has 0 atom stereocenters. The third-order valence-corrected chi connectivity index (χ3v) is 3.73. The molecule has 2 rings (SSSR count). The number of benzene rings is 1. The van der Waals surface area contributed by atoms with Gasteiger partial charge in [0.05, 0.1) is 0 Å². The van der Waals surface area contributed by atoms with Gasteiger partial charge in [0.1, 0.15) is 0 Å². The highest BCUT2D eigenvalue weighted by Gasteiger charge is 2.23. The van der Waals surface area contributed by atoms with Crippen molar-refractivity contribution in [3.63, 3.8) is 0 Å². The molecule has 0 saturated carbocycles. The molecule has 0 N–H and O–H groups in total. The summed E-state index contributed by atoms with van der Waals surface area (Å²) in [6, 6.07) is 5.76. The first kappa shape index (κ1) is 14.8. The predicted octanol–water partition coefficient (Wildman–Crippen LogP) is 3.60. The second-order valence-electron chi connectivity index (χ2n) is 5.87. The summed E-state index contributed by atoms with van der Waals surface area (Å²) in [5, 5.41) is 0. The highest BCUT2D eigenvalue weighted by Crippen LogP contribution is 2.29. The van der Waals surface area contributed by atoms with Crippen molar-refractivity contribution in [3.8, 4) is 0 Å². The monoisotopic (exact) mass is 273 g/mol. The average molecular weight is 273 g/mol. The van der Waals surface area contributed by atoms with Crippen molar-refractivity contribution in [1.29, 1.82) is 0 Å². The second-order valence-corrected chi connectivity index (χ2v) is 5.87. The van der Waals surface area contributed by atoms with Crippen molar-refractivity contribution < 1.29 is 9.59 Å². The van der Waals surface area contributed by atoms with Crippen LogP contribution in [0.5, 0.6) is 0 Å². The largest absolute Gasteiger partial charge is 0.312 e. The molecule has 20 heavy (non-hydrogen) atoms. The molecule has 3 nitrogen and oxygen atoms in total. The lowest BCUT2D eigenvalue weighted by atomic mass is 9.96. The molecule has 0 bridgehead atoms. The molecular formula is C17H23NO2. The van der Waals surface area contributed by atoms with Gasteiger partial charge >= 0.3 is 0 Å². The van der Waals surface area contributed by atoms with Gasteiger partial charge in [0, 0.05) is 30.6 Å². The maximum Gasteiger partial charge on any atom is 0.227 e. The first-order chi connectivity index (χ1) is 9.52. The van der Waals surface area contributed by atoms with Crippen LogP contribution in [0.2, 0.25) is 0 Å². The van der Waals surface area contributed by atoms with Crippen LogP contribution >= 0.6 is 0 Å². The molecular weight excluding hydrogens is 250 g/mol. The van der Waals surface area contributed by atoms with Gasteiger partial charge in [0.25, 0.3) is 0 Å². The quantitative estimate of drug-likeness (QED) is 0.786. The Labute approximate surface area is 121 Å². The van der Waals surface area contributed by atoms with Crippen molar-refractivity contribution >= 4 is 17.4 Å². The number of Topliss-reactive ketones (excluding diaryl/α,β-unsaturated/α-hetero) is 1. The van der Waals surface area contributed by atoms with Gasteiger partial charge in [-0.1, -0.05) is 20.8 Å². The van der Waals surface area contributed by atoms with E-state index >= 15 is 0 Å². The Balaban J connectivity index is 2.28. The maximum atomic E-state index is 12.3. The number of amides is 1. The fraction of sp³-hybridized carbons (Fsp3) is 0.529. The number of fused-ring (bicyclic) bond motifs is 1. The van der Waals surface area contributed by atoms with Crippen LogP contribution in [0.25, 0.3) is 0 Å². The summed E-state index contributed by atoms with van der Waals surface area (Å²) >= 11 is 0. The van der Waals surface area contributed by atoms with Gasteiger partial charge in [0.15, 0.2) is 5.78 Å². The van der Waals surface area contributed by atoms with Crippen molar-refractivity contribution in [2.24, 2.45) is 5.92 Å². The van der Waals surface area contributed by atoms with E-state index in [0.717, 1.165) is 36.2 Å². The summed E-state index contributed by atoms with van der Waals surface area (Å²) in [6.07, 6.45) is 3.02. The number of ketones is 1. The average Bonchev–Trinajstić information content (AvgIpc) is 2.44. The lowest BCUT2D eigenvalue weighted by molar-refractivity contribution is -0.119. The molecule has 0 saturated heterocycles. The van der Waals surface area contributed by atoms with E-state index < -0.39 is 0 Å². The summed E-state index contributed by atoms with van der Waals surface area (Å²) in [6.45, 7) is 6.79. The van der Waals surface area contributed by atoms with E-state index in [2.05, 4.69) is 13.8 Å². The highest BCUT2D eigenvalue weighted by atomic mass is 16.2. The lowest BCUT2D eigenvalue weighted by Gasteiger charge is -2.30. The number of hydrogen-bond acceptors (Lipinski definition) is 2. The Bertz CT molecular complexity index is 520. The highest BCUT2D eigenvalue weighted by molar-refractivity contribution is 5.98. The molecule has 0 aromatic heterocycles. The van der Waals surface area contributed by atoms with Gasteiger partial charge < -0.3 is 4.90 Å². The van der Waals surface area contributed by atoms with E-state index in [0.29, 0.717) is 18.8 Å². The van der Waals surface area contributed by atoms with Crippen LogP contribution < -0.4 is 4.90 Å². The molecule has 0 aliphatic carbocycles. The molecule has 1 heterocycles. The summed E-state index contributed by atoms with van der Waals surface area (Å²) in [4.78, 5) is 26.0. The number of carbonyl (C=O) groups is 2. The topological polar surface area (TPSA) is 37.4 Å². The van der Waals surface area contributed by atoms with Crippen LogP contribution in [0.3, 0.4) is 0 Å². The van der Waals surface area contributed by atoms with Gasteiger partial charge in [-0.05, 0) is 42.5 Å². The number of rotatable bonds is 4. The van der Waals surface area contributed by atoms with Crippen LogP contribution in [-0.2, 0) is 11.2 Å². The number of nitrogens with zero attached hydrogens (tertiary/aromatic N) is 1. The van der Waals surface area contributed by atoms with Gasteiger partial charge in [-0.25, -0.2) is 0 Å². The molecule has 1 aliphatic rings. The third kappa shape index (κ3) is 3.09. The minimum absolute atomic E-state index is 0.165. The molecule has 108 valence electrons. The van der Waals surface area contributed by atoms with E-state index in [4.69, 9.17) is 0 Å². The summed E-state index contributed by atoms with van der Waals surface area (Å²) in [5.74, 6) is 0.725. The first-order valence-electron chi connectivity index (χ1n) is 7.49. The molecule has 1 aromatic carbocycles. The van der Waals surface area contributed by atoms with Crippen LogP contribution in [0.1, 0.15) is 56.0 Å². The Morgan fingerprint density at radius 1 is 1.30 bits per heavy atom. The molecule has 0 spiro atoms.